The van der Waals surface area contributed by atoms with E-state index in [-0.39, 0.29) is 31.4 Å². The average Bonchev–Trinajstić information content (AvgIpc) is 2.38. The number of benzene rings is 1. The lowest BCUT2D eigenvalue weighted by Gasteiger charge is -2.27. The molecule has 1 aliphatic carbocycles. The van der Waals surface area contributed by atoms with Gasteiger partial charge in [-0.3, -0.25) is 4.79 Å². The molecule has 0 aliphatic heterocycles. The second-order valence-corrected chi connectivity index (χ2v) is 5.12. The third-order valence-corrected chi connectivity index (χ3v) is 3.55. The van der Waals surface area contributed by atoms with Crippen LogP contribution in [0.5, 0.6) is 0 Å². The number of anilines is 1. The molecule has 1 saturated carbocycles. The number of amides is 1. The van der Waals surface area contributed by atoms with E-state index < -0.39 is 35.1 Å². The zero-order valence-corrected chi connectivity index (χ0v) is 11.0. The third kappa shape index (κ3) is 3.74. The van der Waals surface area contributed by atoms with Crippen LogP contribution in [0.2, 0.25) is 0 Å². The van der Waals surface area contributed by atoms with Crippen LogP contribution >= 0.6 is 0 Å². The molecule has 1 aromatic carbocycles. The van der Waals surface area contributed by atoms with Gasteiger partial charge in [0, 0.05) is 24.4 Å². The number of alkyl halides is 2. The summed E-state index contributed by atoms with van der Waals surface area (Å²) in [5.74, 6) is -6.07. The lowest BCUT2D eigenvalue weighted by Crippen LogP contribution is -2.31. The molecule has 4 nitrogen and oxygen atoms in total. The standard InChI is InChI=1S/C14H14F3NO3/c15-11-7-9(1-2-10(11)13(20)21)18-12(19)8-3-5-14(16,17)6-4-8/h1-2,7-8H,3-6H2,(H,18,19)(H,20,21). The predicted molar refractivity (Wildman–Crippen MR) is 68.9 cm³/mol. The van der Waals surface area contributed by atoms with E-state index in [1.165, 1.54) is 6.07 Å². The number of hydrogen-bond acceptors (Lipinski definition) is 2. The molecule has 2 rings (SSSR count). The highest BCUT2D eigenvalue weighted by atomic mass is 19.3. The molecule has 0 saturated heterocycles. The summed E-state index contributed by atoms with van der Waals surface area (Å²) in [4.78, 5) is 22.6. The number of nitrogens with one attached hydrogen (secondary N) is 1. The van der Waals surface area contributed by atoms with Crippen molar-refractivity contribution in [3.05, 3.63) is 29.6 Å². The smallest absolute Gasteiger partial charge is 0.338 e. The van der Waals surface area contributed by atoms with Crippen molar-refractivity contribution >= 4 is 17.6 Å². The summed E-state index contributed by atoms with van der Waals surface area (Å²) < 4.78 is 39.5. The number of carboxylic acid groups (broad SMARTS) is 1. The summed E-state index contributed by atoms with van der Waals surface area (Å²) in [6.45, 7) is 0. The maximum atomic E-state index is 13.5. The van der Waals surface area contributed by atoms with Crippen molar-refractivity contribution in [1.82, 2.24) is 0 Å². The Bertz CT molecular complexity index is 565. The number of carbonyl (C=O) groups is 2. The highest BCUT2D eigenvalue weighted by molar-refractivity contribution is 5.94. The Hall–Kier alpha value is -2.05. The van der Waals surface area contributed by atoms with E-state index in [1.807, 2.05) is 0 Å². The minimum Gasteiger partial charge on any atom is -0.478 e. The van der Waals surface area contributed by atoms with Gasteiger partial charge in [-0.1, -0.05) is 0 Å². The molecule has 1 fully saturated rings. The molecule has 0 atom stereocenters. The van der Waals surface area contributed by atoms with Gasteiger partial charge < -0.3 is 10.4 Å². The van der Waals surface area contributed by atoms with Crippen LogP contribution in [-0.2, 0) is 4.79 Å². The van der Waals surface area contributed by atoms with Crippen LogP contribution < -0.4 is 5.32 Å². The van der Waals surface area contributed by atoms with Gasteiger partial charge in [0.15, 0.2) is 0 Å². The lowest BCUT2D eigenvalue weighted by molar-refractivity contribution is -0.124. The quantitative estimate of drug-likeness (QED) is 0.900. The predicted octanol–water partition coefficient (Wildman–Crippen LogP) is 3.29. The van der Waals surface area contributed by atoms with E-state index in [9.17, 15) is 22.8 Å². The van der Waals surface area contributed by atoms with Gasteiger partial charge in [-0.15, -0.1) is 0 Å². The Kier molecular flexibility index (Phi) is 4.20. The molecule has 0 heterocycles. The maximum absolute atomic E-state index is 13.5. The fraction of sp³-hybridized carbons (Fsp3) is 0.429. The fourth-order valence-corrected chi connectivity index (χ4v) is 2.31. The Labute approximate surface area is 119 Å². The number of aromatic carboxylic acids is 1. The highest BCUT2D eigenvalue weighted by Gasteiger charge is 2.37. The first kappa shape index (κ1) is 15.3. The van der Waals surface area contributed by atoms with E-state index in [0.717, 1.165) is 12.1 Å². The zero-order chi connectivity index (χ0) is 15.6. The van der Waals surface area contributed by atoms with E-state index in [1.54, 1.807) is 0 Å². The molecule has 1 amide bonds. The molecule has 0 bridgehead atoms. The molecular formula is C14H14F3NO3. The Morgan fingerprint density at radius 1 is 1.24 bits per heavy atom. The normalized spacial score (nSPS) is 18.2. The monoisotopic (exact) mass is 301 g/mol. The topological polar surface area (TPSA) is 66.4 Å². The van der Waals surface area contributed by atoms with Crippen LogP contribution in [0.1, 0.15) is 36.0 Å². The summed E-state index contributed by atoms with van der Waals surface area (Å²) in [5, 5.41) is 11.1. The van der Waals surface area contributed by atoms with Crippen molar-refractivity contribution in [2.24, 2.45) is 5.92 Å². The zero-order valence-electron chi connectivity index (χ0n) is 11.0. The molecule has 0 spiro atoms. The molecule has 7 heteroatoms. The molecule has 21 heavy (non-hydrogen) atoms. The molecule has 0 radical (unpaired) electrons. The molecule has 2 N–H and O–H groups in total. The van der Waals surface area contributed by atoms with E-state index in [2.05, 4.69) is 5.32 Å². The number of rotatable bonds is 3. The van der Waals surface area contributed by atoms with Crippen molar-refractivity contribution in [3.8, 4) is 0 Å². The van der Waals surface area contributed by atoms with Crippen molar-refractivity contribution < 1.29 is 27.9 Å². The number of halogens is 3. The van der Waals surface area contributed by atoms with Crippen molar-refractivity contribution in [3.63, 3.8) is 0 Å². The average molecular weight is 301 g/mol. The second-order valence-electron chi connectivity index (χ2n) is 5.12. The van der Waals surface area contributed by atoms with Gasteiger partial charge in [0.1, 0.15) is 5.82 Å². The second kappa shape index (κ2) is 5.75. The molecule has 1 aliphatic rings. The van der Waals surface area contributed by atoms with E-state index in [0.29, 0.717) is 0 Å². The van der Waals surface area contributed by atoms with Gasteiger partial charge in [-0.25, -0.2) is 18.0 Å². The van der Waals surface area contributed by atoms with Crippen molar-refractivity contribution in [1.29, 1.82) is 0 Å². The molecule has 114 valence electrons. The van der Waals surface area contributed by atoms with Crippen LogP contribution in [0.15, 0.2) is 18.2 Å². The third-order valence-electron chi connectivity index (χ3n) is 3.55. The number of carbonyl (C=O) groups excluding carboxylic acids is 1. The first-order chi connectivity index (χ1) is 9.78. The van der Waals surface area contributed by atoms with Crippen LogP contribution in [0, 0.1) is 11.7 Å². The van der Waals surface area contributed by atoms with E-state index in [4.69, 9.17) is 5.11 Å². The van der Waals surface area contributed by atoms with Gasteiger partial charge in [0.25, 0.3) is 0 Å². The Morgan fingerprint density at radius 3 is 2.38 bits per heavy atom. The SMILES string of the molecule is O=C(O)c1ccc(NC(=O)C2CCC(F)(F)CC2)cc1F. The highest BCUT2D eigenvalue weighted by Crippen LogP contribution is 2.36. The summed E-state index contributed by atoms with van der Waals surface area (Å²) >= 11 is 0. The Morgan fingerprint density at radius 2 is 1.86 bits per heavy atom. The molecule has 1 aromatic rings. The van der Waals surface area contributed by atoms with Gasteiger partial charge in [-0.2, -0.15) is 0 Å². The fourth-order valence-electron chi connectivity index (χ4n) is 2.31. The van der Waals surface area contributed by atoms with Crippen molar-refractivity contribution in [2.45, 2.75) is 31.6 Å². The van der Waals surface area contributed by atoms with E-state index >= 15 is 0 Å². The lowest BCUT2D eigenvalue weighted by atomic mass is 9.86. The largest absolute Gasteiger partial charge is 0.478 e. The molecule has 0 aromatic heterocycles. The number of carboxylic acids is 1. The first-order valence-corrected chi connectivity index (χ1v) is 6.50. The number of hydrogen-bond donors (Lipinski definition) is 2. The van der Waals surface area contributed by atoms with Crippen LogP contribution in [0.4, 0.5) is 18.9 Å². The van der Waals surface area contributed by atoms with Crippen LogP contribution in [0.25, 0.3) is 0 Å². The summed E-state index contributed by atoms with van der Waals surface area (Å²) in [7, 11) is 0. The summed E-state index contributed by atoms with van der Waals surface area (Å²) in [6, 6.07) is 3.21. The van der Waals surface area contributed by atoms with Crippen LogP contribution in [0.3, 0.4) is 0 Å². The minimum absolute atomic E-state index is 0.0779. The maximum Gasteiger partial charge on any atom is 0.338 e. The van der Waals surface area contributed by atoms with Gasteiger partial charge >= 0.3 is 5.97 Å². The van der Waals surface area contributed by atoms with Crippen molar-refractivity contribution in [2.75, 3.05) is 5.32 Å². The summed E-state index contributed by atoms with van der Waals surface area (Å²) in [6.07, 6.45) is -0.516. The first-order valence-electron chi connectivity index (χ1n) is 6.50. The van der Waals surface area contributed by atoms with Gasteiger partial charge in [0.2, 0.25) is 11.8 Å². The molecule has 0 unspecified atom stereocenters. The van der Waals surface area contributed by atoms with Crippen LogP contribution in [-0.4, -0.2) is 22.9 Å². The molecular weight excluding hydrogens is 287 g/mol. The summed E-state index contributed by atoms with van der Waals surface area (Å²) in [5.41, 5.74) is -0.384. The van der Waals surface area contributed by atoms with Gasteiger partial charge in [-0.05, 0) is 31.0 Å². The minimum atomic E-state index is -2.72. The Balaban J connectivity index is 2.00. The van der Waals surface area contributed by atoms with Gasteiger partial charge in [0.05, 0.1) is 5.56 Å².